The predicted octanol–water partition coefficient (Wildman–Crippen LogP) is 2.06. The molecule has 4 nitrogen and oxygen atoms in total. The third-order valence-corrected chi connectivity index (χ3v) is 4.17. The summed E-state index contributed by atoms with van der Waals surface area (Å²) in [5.74, 6) is 0.712. The lowest BCUT2D eigenvalue weighted by Crippen LogP contribution is -2.30. The molecule has 0 fully saturated rings. The van der Waals surface area contributed by atoms with Crippen LogP contribution in [0, 0.1) is 0 Å². The largest absolute Gasteiger partial charge is 0.352 e. The average Bonchev–Trinajstić information content (AvgIpc) is 2.54. The van der Waals surface area contributed by atoms with Gasteiger partial charge in [-0.25, -0.2) is 0 Å². The van der Waals surface area contributed by atoms with Crippen molar-refractivity contribution >= 4 is 35.9 Å². The lowest BCUT2D eigenvalue weighted by Gasteiger charge is -2.14. The molecule has 2 rings (SSSR count). The first kappa shape index (κ1) is 18.7. The molecule has 1 aliphatic heterocycles. The topological polar surface area (TPSA) is 58.2 Å². The van der Waals surface area contributed by atoms with Crippen LogP contribution in [0.4, 0.5) is 0 Å². The molecule has 6 heteroatoms. The fraction of sp³-hybridized carbons (Fsp3) is 0.375. The van der Waals surface area contributed by atoms with Gasteiger partial charge in [-0.1, -0.05) is 42.0 Å². The summed E-state index contributed by atoms with van der Waals surface area (Å²) in [5, 5.41) is 6.13. The van der Waals surface area contributed by atoms with Crippen LogP contribution in [0.15, 0.2) is 42.0 Å². The summed E-state index contributed by atoms with van der Waals surface area (Å²) < 4.78 is 0. The Kier molecular flexibility index (Phi) is 8.89. The van der Waals surface area contributed by atoms with Crippen LogP contribution in [-0.2, 0) is 4.79 Å². The van der Waals surface area contributed by atoms with Crippen molar-refractivity contribution in [3.05, 3.63) is 47.5 Å². The van der Waals surface area contributed by atoms with E-state index >= 15 is 0 Å². The second kappa shape index (κ2) is 10.4. The number of nitrogens with one attached hydrogen (secondary N) is 2. The fourth-order valence-corrected chi connectivity index (χ4v) is 2.78. The molecule has 1 aromatic carbocycles. The van der Waals surface area contributed by atoms with E-state index in [1.807, 2.05) is 18.2 Å². The summed E-state index contributed by atoms with van der Waals surface area (Å²) in [4.78, 5) is 23.6. The Labute approximate surface area is 141 Å². The SMILES string of the molecule is Cl.O=C(CSCC(=O)c1ccccc1)NCC1=CCNCC1. The number of ketones is 1. The maximum absolute atomic E-state index is 11.9. The summed E-state index contributed by atoms with van der Waals surface area (Å²) in [6, 6.07) is 9.17. The van der Waals surface area contributed by atoms with Crippen LogP contribution in [0.3, 0.4) is 0 Å². The van der Waals surface area contributed by atoms with Gasteiger partial charge >= 0.3 is 0 Å². The van der Waals surface area contributed by atoms with E-state index in [0.29, 0.717) is 23.6 Å². The number of amides is 1. The zero-order valence-corrected chi connectivity index (χ0v) is 14.0. The molecule has 120 valence electrons. The van der Waals surface area contributed by atoms with Gasteiger partial charge in [0.05, 0.1) is 11.5 Å². The third-order valence-electron chi connectivity index (χ3n) is 3.23. The minimum atomic E-state index is -0.0136. The normalized spacial score (nSPS) is 13.7. The number of benzene rings is 1. The second-order valence-electron chi connectivity index (χ2n) is 4.88. The minimum Gasteiger partial charge on any atom is -0.352 e. The number of hydrogen-bond donors (Lipinski definition) is 2. The molecule has 0 bridgehead atoms. The van der Waals surface area contributed by atoms with Crippen molar-refractivity contribution < 1.29 is 9.59 Å². The molecule has 22 heavy (non-hydrogen) atoms. The van der Waals surface area contributed by atoms with Gasteiger partial charge in [-0.15, -0.1) is 24.2 Å². The van der Waals surface area contributed by atoms with Crippen molar-refractivity contribution in [1.29, 1.82) is 0 Å². The number of rotatable bonds is 7. The van der Waals surface area contributed by atoms with E-state index in [1.54, 1.807) is 12.1 Å². The molecule has 1 amide bonds. The van der Waals surface area contributed by atoms with Crippen molar-refractivity contribution in [3.63, 3.8) is 0 Å². The lowest BCUT2D eigenvalue weighted by atomic mass is 10.1. The Hall–Kier alpha value is -1.30. The number of hydrogen-bond acceptors (Lipinski definition) is 4. The molecular formula is C16H21ClN2O2S. The van der Waals surface area contributed by atoms with Crippen molar-refractivity contribution in [1.82, 2.24) is 10.6 Å². The molecule has 1 aliphatic rings. The monoisotopic (exact) mass is 340 g/mol. The fourth-order valence-electron chi connectivity index (χ4n) is 2.04. The highest BCUT2D eigenvalue weighted by Crippen LogP contribution is 2.07. The molecule has 0 aliphatic carbocycles. The molecule has 0 aromatic heterocycles. The molecule has 0 saturated carbocycles. The van der Waals surface area contributed by atoms with E-state index in [1.165, 1.54) is 17.3 Å². The highest BCUT2D eigenvalue weighted by atomic mass is 35.5. The van der Waals surface area contributed by atoms with Gasteiger partial charge in [0.1, 0.15) is 0 Å². The summed E-state index contributed by atoms with van der Waals surface area (Å²) in [6.07, 6.45) is 3.11. The molecule has 0 radical (unpaired) electrons. The van der Waals surface area contributed by atoms with E-state index in [2.05, 4.69) is 16.7 Å². The highest BCUT2D eigenvalue weighted by molar-refractivity contribution is 8.00. The van der Waals surface area contributed by atoms with Gasteiger partial charge in [-0.05, 0) is 13.0 Å². The number of thioether (sulfide) groups is 1. The summed E-state index contributed by atoms with van der Waals surface area (Å²) in [6.45, 7) is 2.47. The standard InChI is InChI=1S/C16H20N2O2S.ClH/c19-15(14-4-2-1-3-5-14)11-21-12-16(20)18-10-13-6-8-17-9-7-13;/h1-6,17H,7-12H2,(H,18,20);1H. The van der Waals surface area contributed by atoms with Crippen LogP contribution in [0.2, 0.25) is 0 Å². The number of carbonyl (C=O) groups is 2. The maximum Gasteiger partial charge on any atom is 0.230 e. The lowest BCUT2D eigenvalue weighted by molar-refractivity contribution is -0.118. The number of halogens is 1. The van der Waals surface area contributed by atoms with E-state index in [4.69, 9.17) is 0 Å². The van der Waals surface area contributed by atoms with Crippen LogP contribution in [0.25, 0.3) is 0 Å². The van der Waals surface area contributed by atoms with Gasteiger partial charge in [-0.2, -0.15) is 0 Å². The summed E-state index contributed by atoms with van der Waals surface area (Å²) in [7, 11) is 0. The Bertz CT molecular complexity index is 520. The molecule has 1 heterocycles. The Balaban J connectivity index is 0.00000242. The zero-order valence-electron chi connectivity index (χ0n) is 12.3. The van der Waals surface area contributed by atoms with Crippen LogP contribution >= 0.6 is 24.2 Å². The van der Waals surface area contributed by atoms with Crippen molar-refractivity contribution in [2.45, 2.75) is 6.42 Å². The molecular weight excluding hydrogens is 320 g/mol. The molecule has 0 saturated heterocycles. The number of carbonyl (C=O) groups excluding carboxylic acids is 2. The Morgan fingerprint density at radius 1 is 1.18 bits per heavy atom. The van der Waals surface area contributed by atoms with E-state index < -0.39 is 0 Å². The quantitative estimate of drug-likeness (QED) is 0.589. The van der Waals surface area contributed by atoms with Gasteiger partial charge in [0.25, 0.3) is 0 Å². The van der Waals surface area contributed by atoms with E-state index in [0.717, 1.165) is 19.5 Å². The highest BCUT2D eigenvalue weighted by Gasteiger charge is 2.08. The number of Topliss-reactive ketones (excluding diaryl/α,β-unsaturated/α-hetero) is 1. The first-order chi connectivity index (χ1) is 10.3. The zero-order chi connectivity index (χ0) is 14.9. The van der Waals surface area contributed by atoms with Crippen molar-refractivity contribution in [3.8, 4) is 0 Å². The van der Waals surface area contributed by atoms with Crippen LogP contribution in [0.5, 0.6) is 0 Å². The van der Waals surface area contributed by atoms with Gasteiger partial charge in [-0.3, -0.25) is 9.59 Å². The maximum atomic E-state index is 11.9. The van der Waals surface area contributed by atoms with Crippen molar-refractivity contribution in [2.75, 3.05) is 31.1 Å². The summed E-state index contributed by atoms with van der Waals surface area (Å²) >= 11 is 1.36. The second-order valence-corrected chi connectivity index (χ2v) is 5.86. The van der Waals surface area contributed by atoms with Gasteiger partial charge in [0.15, 0.2) is 5.78 Å². The van der Waals surface area contributed by atoms with Crippen LogP contribution in [0.1, 0.15) is 16.8 Å². The predicted molar refractivity (Wildman–Crippen MR) is 93.9 cm³/mol. The van der Waals surface area contributed by atoms with E-state index in [9.17, 15) is 9.59 Å². The van der Waals surface area contributed by atoms with Crippen LogP contribution < -0.4 is 10.6 Å². The Morgan fingerprint density at radius 2 is 1.95 bits per heavy atom. The molecule has 0 spiro atoms. The van der Waals surface area contributed by atoms with Crippen molar-refractivity contribution in [2.24, 2.45) is 0 Å². The van der Waals surface area contributed by atoms with Gasteiger partial charge in [0, 0.05) is 18.7 Å². The van der Waals surface area contributed by atoms with Gasteiger partial charge in [0.2, 0.25) is 5.91 Å². The third kappa shape index (κ3) is 6.64. The summed E-state index contributed by atoms with van der Waals surface area (Å²) in [5.41, 5.74) is 1.97. The van der Waals surface area contributed by atoms with Crippen LogP contribution in [-0.4, -0.2) is 42.8 Å². The first-order valence-corrected chi connectivity index (χ1v) is 8.22. The van der Waals surface area contributed by atoms with Gasteiger partial charge < -0.3 is 10.6 Å². The molecule has 2 N–H and O–H groups in total. The first-order valence-electron chi connectivity index (χ1n) is 7.07. The molecule has 0 unspecified atom stereocenters. The minimum absolute atomic E-state index is 0. The Morgan fingerprint density at radius 3 is 2.64 bits per heavy atom. The molecule has 1 aromatic rings. The molecule has 0 atom stereocenters. The van der Waals surface area contributed by atoms with E-state index in [-0.39, 0.29) is 24.1 Å². The average molecular weight is 341 g/mol. The smallest absolute Gasteiger partial charge is 0.230 e.